The second-order valence-electron chi connectivity index (χ2n) is 6.93. The number of ether oxygens (including phenoxy) is 1. The first-order valence-electron chi connectivity index (χ1n) is 9.78. The molecule has 0 aliphatic heterocycles. The Morgan fingerprint density at radius 3 is 2.71 bits per heavy atom. The Labute approximate surface area is 183 Å². The molecule has 4 rings (SSSR count). The van der Waals surface area contributed by atoms with E-state index in [2.05, 4.69) is 20.3 Å². The first-order valence-corrected chi connectivity index (χ1v) is 10.8. The van der Waals surface area contributed by atoms with Gasteiger partial charge in [-0.3, -0.25) is 4.79 Å². The molecule has 2 N–H and O–H groups in total. The molecule has 2 aromatic heterocycles. The smallest absolute Gasteiger partial charge is 0.230 e. The summed E-state index contributed by atoms with van der Waals surface area (Å²) in [5.74, 6) is 1.72. The van der Waals surface area contributed by atoms with Crippen molar-refractivity contribution in [3.8, 4) is 11.6 Å². The summed E-state index contributed by atoms with van der Waals surface area (Å²) in [7, 11) is 0. The third kappa shape index (κ3) is 5.61. The summed E-state index contributed by atoms with van der Waals surface area (Å²) in [6.45, 7) is 2.40. The highest BCUT2D eigenvalue weighted by molar-refractivity contribution is 8.00. The van der Waals surface area contributed by atoms with E-state index in [0.29, 0.717) is 23.9 Å². The predicted octanol–water partition coefficient (Wildman–Crippen LogP) is 5.00. The lowest BCUT2D eigenvalue weighted by atomic mass is 10.3. The maximum Gasteiger partial charge on any atom is 0.230 e. The summed E-state index contributed by atoms with van der Waals surface area (Å²) in [5.41, 5.74) is 2.78. The number of aromatic nitrogens is 3. The fourth-order valence-corrected chi connectivity index (χ4v) is 3.67. The monoisotopic (exact) mass is 436 g/mol. The van der Waals surface area contributed by atoms with Gasteiger partial charge in [-0.15, -0.1) is 11.8 Å². The minimum Gasteiger partial charge on any atom is -0.439 e. The molecule has 31 heavy (non-hydrogen) atoms. The quantitative estimate of drug-likeness (QED) is 0.406. The molecule has 1 unspecified atom stereocenters. The van der Waals surface area contributed by atoms with Gasteiger partial charge < -0.3 is 15.0 Å². The minimum atomic E-state index is -0.323. The predicted molar refractivity (Wildman–Crippen MR) is 120 cm³/mol. The molecule has 0 aliphatic carbocycles. The molecule has 2 aromatic carbocycles. The number of imidazole rings is 1. The van der Waals surface area contributed by atoms with Crippen LogP contribution in [0.1, 0.15) is 23.6 Å². The van der Waals surface area contributed by atoms with E-state index in [1.807, 2.05) is 37.3 Å². The lowest BCUT2D eigenvalue weighted by Crippen LogP contribution is -2.25. The molecule has 6 nitrogen and oxygen atoms in total. The number of pyridine rings is 1. The van der Waals surface area contributed by atoms with Crippen LogP contribution in [-0.4, -0.2) is 26.6 Å². The molecule has 0 bridgehead atoms. The van der Waals surface area contributed by atoms with Crippen LogP contribution in [0.25, 0.3) is 11.0 Å². The number of para-hydroxylation sites is 2. The summed E-state index contributed by atoms with van der Waals surface area (Å²) in [4.78, 5) is 24.3. The first-order chi connectivity index (χ1) is 15.1. The second kappa shape index (κ2) is 9.61. The third-order valence-electron chi connectivity index (χ3n) is 4.58. The number of nitrogens with zero attached hydrogens (tertiary/aromatic N) is 2. The van der Waals surface area contributed by atoms with E-state index >= 15 is 0 Å². The van der Waals surface area contributed by atoms with Gasteiger partial charge in [-0.25, -0.2) is 14.4 Å². The number of aromatic amines is 1. The van der Waals surface area contributed by atoms with Crippen LogP contribution in [0, 0.1) is 5.82 Å². The Kier molecular flexibility index (Phi) is 6.47. The summed E-state index contributed by atoms with van der Waals surface area (Å²) >= 11 is 1.52. The summed E-state index contributed by atoms with van der Waals surface area (Å²) in [6, 6.07) is 17.1. The van der Waals surface area contributed by atoms with Crippen molar-refractivity contribution in [3.63, 3.8) is 0 Å². The van der Waals surface area contributed by atoms with Crippen molar-refractivity contribution in [2.24, 2.45) is 0 Å². The molecule has 8 heteroatoms. The Morgan fingerprint density at radius 2 is 1.97 bits per heavy atom. The lowest BCUT2D eigenvalue weighted by Gasteiger charge is -2.09. The number of rotatable bonds is 8. The zero-order valence-corrected chi connectivity index (χ0v) is 17.7. The maximum atomic E-state index is 12.9. The van der Waals surface area contributed by atoms with Gasteiger partial charge in [-0.2, -0.15) is 0 Å². The highest BCUT2D eigenvalue weighted by atomic mass is 32.2. The molecule has 0 spiro atoms. The van der Waals surface area contributed by atoms with Crippen LogP contribution in [0.15, 0.2) is 66.9 Å². The fraction of sp³-hybridized carbons (Fsp3) is 0.174. The van der Waals surface area contributed by atoms with Crippen LogP contribution in [0.3, 0.4) is 0 Å². The third-order valence-corrected chi connectivity index (χ3v) is 5.73. The van der Waals surface area contributed by atoms with Crippen LogP contribution >= 0.6 is 11.8 Å². The number of H-pyrrole nitrogens is 1. The first kappa shape index (κ1) is 20.9. The molecule has 1 amide bonds. The van der Waals surface area contributed by atoms with Crippen molar-refractivity contribution in [2.75, 3.05) is 5.75 Å². The molecule has 2 heterocycles. The molecule has 0 radical (unpaired) electrons. The molecular weight excluding hydrogens is 415 g/mol. The van der Waals surface area contributed by atoms with E-state index in [1.54, 1.807) is 12.3 Å². The van der Waals surface area contributed by atoms with E-state index in [1.165, 1.54) is 36.0 Å². The molecular formula is C23H21FN4O2S. The van der Waals surface area contributed by atoms with E-state index in [0.717, 1.165) is 22.4 Å². The number of carbonyl (C=O) groups excluding carboxylic acids is 1. The van der Waals surface area contributed by atoms with Crippen LogP contribution in [0.4, 0.5) is 4.39 Å². The molecule has 4 aromatic rings. The zero-order chi connectivity index (χ0) is 21.6. The average molecular weight is 437 g/mol. The van der Waals surface area contributed by atoms with Crippen LogP contribution in [0.5, 0.6) is 11.6 Å². The van der Waals surface area contributed by atoms with Gasteiger partial charge in [0, 0.05) is 18.8 Å². The zero-order valence-electron chi connectivity index (χ0n) is 16.8. The number of fused-ring (bicyclic) bond motifs is 1. The largest absolute Gasteiger partial charge is 0.439 e. The number of carbonyl (C=O) groups is 1. The van der Waals surface area contributed by atoms with Crippen molar-refractivity contribution in [3.05, 3.63) is 84.1 Å². The van der Waals surface area contributed by atoms with Crippen molar-refractivity contribution < 1.29 is 13.9 Å². The van der Waals surface area contributed by atoms with Crippen molar-refractivity contribution in [1.29, 1.82) is 0 Å². The highest BCUT2D eigenvalue weighted by Crippen LogP contribution is 2.27. The Balaban J connectivity index is 1.23. The fourth-order valence-electron chi connectivity index (χ4n) is 2.90. The lowest BCUT2D eigenvalue weighted by molar-refractivity contribution is -0.118. The summed E-state index contributed by atoms with van der Waals surface area (Å²) in [5, 5.41) is 2.97. The van der Waals surface area contributed by atoms with Crippen LogP contribution in [-0.2, 0) is 11.3 Å². The van der Waals surface area contributed by atoms with Crippen LogP contribution < -0.4 is 10.1 Å². The van der Waals surface area contributed by atoms with Gasteiger partial charge in [-0.05, 0) is 48.9 Å². The Bertz CT molecular complexity index is 1130. The standard InChI is InChI=1S/C23H21FN4O2S/c1-15(23-27-19-4-2-3-5-20(19)28-23)31-14-21(29)25-12-16-6-11-22(26-13-16)30-18-9-7-17(24)8-10-18/h2-11,13,15H,12,14H2,1H3,(H,25,29)(H,27,28). The second-order valence-corrected chi connectivity index (χ2v) is 8.26. The van der Waals surface area contributed by atoms with Gasteiger partial charge >= 0.3 is 0 Å². The van der Waals surface area contributed by atoms with Gasteiger partial charge in [0.1, 0.15) is 17.4 Å². The van der Waals surface area contributed by atoms with Gasteiger partial charge in [-0.1, -0.05) is 18.2 Å². The Hall–Kier alpha value is -3.39. The Morgan fingerprint density at radius 1 is 1.16 bits per heavy atom. The number of thioether (sulfide) groups is 1. The molecule has 0 fully saturated rings. The normalized spacial score (nSPS) is 11.9. The molecule has 0 aliphatic rings. The number of amides is 1. The van der Waals surface area contributed by atoms with E-state index in [9.17, 15) is 9.18 Å². The van der Waals surface area contributed by atoms with Crippen molar-refractivity contribution in [1.82, 2.24) is 20.3 Å². The van der Waals surface area contributed by atoms with E-state index in [-0.39, 0.29) is 17.0 Å². The summed E-state index contributed by atoms with van der Waals surface area (Å²) in [6.07, 6.45) is 1.64. The number of nitrogens with one attached hydrogen (secondary N) is 2. The van der Waals surface area contributed by atoms with Crippen LogP contribution in [0.2, 0.25) is 0 Å². The van der Waals surface area contributed by atoms with Gasteiger partial charge in [0.25, 0.3) is 0 Å². The molecule has 0 saturated carbocycles. The molecule has 158 valence electrons. The van der Waals surface area contributed by atoms with Crippen molar-refractivity contribution in [2.45, 2.75) is 18.7 Å². The van der Waals surface area contributed by atoms with Gasteiger partial charge in [0.05, 0.1) is 22.0 Å². The molecule has 1 atom stereocenters. The number of halogens is 1. The van der Waals surface area contributed by atoms with E-state index < -0.39 is 0 Å². The summed E-state index contributed by atoms with van der Waals surface area (Å²) < 4.78 is 18.5. The number of hydrogen-bond donors (Lipinski definition) is 2. The van der Waals surface area contributed by atoms with Gasteiger partial charge in [0.15, 0.2) is 0 Å². The maximum absolute atomic E-state index is 12.9. The van der Waals surface area contributed by atoms with Gasteiger partial charge in [0.2, 0.25) is 11.8 Å². The minimum absolute atomic E-state index is 0.0559. The van der Waals surface area contributed by atoms with E-state index in [4.69, 9.17) is 4.74 Å². The van der Waals surface area contributed by atoms with Crippen molar-refractivity contribution >= 4 is 28.7 Å². The molecule has 0 saturated heterocycles. The average Bonchev–Trinajstić information content (AvgIpc) is 3.23. The highest BCUT2D eigenvalue weighted by Gasteiger charge is 2.13. The number of benzene rings is 2. The SMILES string of the molecule is CC(SCC(=O)NCc1ccc(Oc2ccc(F)cc2)nc1)c1nc2ccccc2[nH]1. The topological polar surface area (TPSA) is 79.9 Å². The number of hydrogen-bond acceptors (Lipinski definition) is 5.